The third kappa shape index (κ3) is 7.42. The molecule has 1 unspecified atom stereocenters. The molecule has 0 aliphatic carbocycles. The highest BCUT2D eigenvalue weighted by atomic mass is 32.1. The highest BCUT2D eigenvalue weighted by Gasteiger charge is 2.10. The number of nitrogens with one attached hydrogen (secondary N) is 3. The minimum atomic E-state index is -0.391. The maximum Gasteiger partial charge on any atom is 0.251 e. The van der Waals surface area contributed by atoms with E-state index in [9.17, 15) is 9.59 Å². The van der Waals surface area contributed by atoms with Crippen LogP contribution in [0.2, 0.25) is 0 Å². The summed E-state index contributed by atoms with van der Waals surface area (Å²) in [6, 6.07) is 12.3. The van der Waals surface area contributed by atoms with E-state index in [1.165, 1.54) is 6.08 Å². The van der Waals surface area contributed by atoms with Gasteiger partial charge >= 0.3 is 0 Å². The lowest BCUT2D eigenvalue weighted by atomic mass is 10.1. The molecular formula is C23H27N3O4S. The largest absolute Gasteiger partial charge is 0.493 e. The first-order valence-electron chi connectivity index (χ1n) is 9.79. The van der Waals surface area contributed by atoms with Crippen LogP contribution >= 0.6 is 12.2 Å². The molecular weight excluding hydrogens is 414 g/mol. The standard InChI is InChI=1S/C23H27N3O4S/c1-5-15(2)24-22(28)17-7-6-8-18(14-17)25-23(31)26-21(27)12-10-16-9-11-19(29-3)20(13-16)30-4/h6-15H,5H2,1-4H3,(H,24,28)(H2,25,26,27,31)/b12-10+. The van der Waals surface area contributed by atoms with Crippen molar-refractivity contribution in [1.82, 2.24) is 10.6 Å². The van der Waals surface area contributed by atoms with E-state index in [0.29, 0.717) is 22.7 Å². The summed E-state index contributed by atoms with van der Waals surface area (Å²) < 4.78 is 10.4. The summed E-state index contributed by atoms with van der Waals surface area (Å²) >= 11 is 5.20. The van der Waals surface area contributed by atoms with Crippen molar-refractivity contribution >= 4 is 40.9 Å². The number of hydrogen-bond acceptors (Lipinski definition) is 5. The van der Waals surface area contributed by atoms with Crippen LogP contribution in [0.4, 0.5) is 5.69 Å². The zero-order valence-electron chi connectivity index (χ0n) is 18.0. The fourth-order valence-electron chi connectivity index (χ4n) is 2.59. The minimum Gasteiger partial charge on any atom is -0.493 e. The van der Waals surface area contributed by atoms with Gasteiger partial charge in [-0.3, -0.25) is 14.9 Å². The SMILES string of the molecule is CCC(C)NC(=O)c1cccc(NC(=S)NC(=O)/C=C/c2ccc(OC)c(OC)c2)c1. The molecule has 2 aromatic rings. The first-order chi connectivity index (χ1) is 14.9. The molecule has 0 radical (unpaired) electrons. The predicted molar refractivity (Wildman–Crippen MR) is 127 cm³/mol. The van der Waals surface area contributed by atoms with E-state index in [1.54, 1.807) is 62.8 Å². The van der Waals surface area contributed by atoms with Gasteiger partial charge < -0.3 is 20.1 Å². The summed E-state index contributed by atoms with van der Waals surface area (Å²) in [6.07, 6.45) is 3.85. The number of ether oxygens (including phenoxy) is 2. The zero-order chi connectivity index (χ0) is 22.8. The van der Waals surface area contributed by atoms with Crippen molar-refractivity contribution in [1.29, 1.82) is 0 Å². The molecule has 0 saturated heterocycles. The van der Waals surface area contributed by atoms with E-state index < -0.39 is 5.91 Å². The van der Waals surface area contributed by atoms with Crippen molar-refractivity contribution in [2.75, 3.05) is 19.5 Å². The quantitative estimate of drug-likeness (QED) is 0.427. The summed E-state index contributed by atoms with van der Waals surface area (Å²) in [5, 5.41) is 8.53. The molecule has 0 aliphatic heterocycles. The molecule has 0 saturated carbocycles. The summed E-state index contributed by atoms with van der Waals surface area (Å²) in [7, 11) is 3.10. The molecule has 3 N–H and O–H groups in total. The van der Waals surface area contributed by atoms with Crippen LogP contribution in [0, 0.1) is 0 Å². The Morgan fingerprint density at radius 1 is 1.10 bits per heavy atom. The molecule has 1 atom stereocenters. The zero-order valence-corrected chi connectivity index (χ0v) is 18.8. The van der Waals surface area contributed by atoms with Gasteiger partial charge in [0, 0.05) is 23.4 Å². The number of benzene rings is 2. The van der Waals surface area contributed by atoms with Gasteiger partial charge in [-0.05, 0) is 67.5 Å². The lowest BCUT2D eigenvalue weighted by Crippen LogP contribution is -2.33. The fourth-order valence-corrected chi connectivity index (χ4v) is 2.81. The second-order valence-corrected chi connectivity index (χ2v) is 7.16. The highest BCUT2D eigenvalue weighted by Crippen LogP contribution is 2.27. The van der Waals surface area contributed by atoms with Gasteiger partial charge in [0.2, 0.25) is 5.91 Å². The molecule has 0 aliphatic rings. The predicted octanol–water partition coefficient (Wildman–Crippen LogP) is 3.76. The Balaban J connectivity index is 1.95. The van der Waals surface area contributed by atoms with Crippen molar-refractivity contribution in [2.45, 2.75) is 26.3 Å². The molecule has 2 rings (SSSR count). The number of hydrogen-bond donors (Lipinski definition) is 3. The Morgan fingerprint density at radius 2 is 1.84 bits per heavy atom. The van der Waals surface area contributed by atoms with Crippen LogP contribution < -0.4 is 25.4 Å². The van der Waals surface area contributed by atoms with Crippen molar-refractivity contribution < 1.29 is 19.1 Å². The van der Waals surface area contributed by atoms with Crippen LogP contribution in [-0.4, -0.2) is 37.2 Å². The summed E-state index contributed by atoms with van der Waals surface area (Å²) in [5.41, 5.74) is 1.88. The van der Waals surface area contributed by atoms with E-state index in [0.717, 1.165) is 12.0 Å². The number of amides is 2. The summed E-state index contributed by atoms with van der Waals surface area (Å²) in [4.78, 5) is 24.4. The molecule has 2 aromatic carbocycles. The first kappa shape index (κ1) is 23.9. The van der Waals surface area contributed by atoms with E-state index in [4.69, 9.17) is 21.7 Å². The Kier molecular flexibility index (Phi) is 9.02. The normalized spacial score (nSPS) is 11.5. The molecule has 0 heterocycles. The third-order valence-electron chi connectivity index (χ3n) is 4.44. The maximum absolute atomic E-state index is 12.3. The monoisotopic (exact) mass is 441 g/mol. The molecule has 0 aromatic heterocycles. The molecule has 7 nitrogen and oxygen atoms in total. The molecule has 8 heteroatoms. The number of rotatable bonds is 8. The van der Waals surface area contributed by atoms with Gasteiger partial charge in [-0.2, -0.15) is 0 Å². The number of carbonyl (C=O) groups is 2. The van der Waals surface area contributed by atoms with Crippen molar-refractivity contribution in [3.8, 4) is 11.5 Å². The number of carbonyl (C=O) groups excluding carboxylic acids is 2. The van der Waals surface area contributed by atoms with E-state index in [-0.39, 0.29) is 17.1 Å². The van der Waals surface area contributed by atoms with Crippen molar-refractivity contribution in [2.24, 2.45) is 0 Å². The average molecular weight is 442 g/mol. The lowest BCUT2D eigenvalue weighted by molar-refractivity contribution is -0.115. The van der Waals surface area contributed by atoms with Crippen molar-refractivity contribution in [3.05, 3.63) is 59.7 Å². The smallest absolute Gasteiger partial charge is 0.251 e. The van der Waals surface area contributed by atoms with E-state index in [1.807, 2.05) is 13.8 Å². The van der Waals surface area contributed by atoms with E-state index in [2.05, 4.69) is 16.0 Å². The Morgan fingerprint density at radius 3 is 2.52 bits per heavy atom. The van der Waals surface area contributed by atoms with Crippen LogP contribution in [0.5, 0.6) is 11.5 Å². The van der Waals surface area contributed by atoms with Crippen LogP contribution in [-0.2, 0) is 4.79 Å². The summed E-state index contributed by atoms with van der Waals surface area (Å²) in [6.45, 7) is 3.95. The molecule has 0 fully saturated rings. The van der Waals surface area contributed by atoms with Gasteiger partial charge in [-0.1, -0.05) is 19.1 Å². The van der Waals surface area contributed by atoms with E-state index >= 15 is 0 Å². The van der Waals surface area contributed by atoms with Crippen LogP contribution in [0.3, 0.4) is 0 Å². The fraction of sp³-hybridized carbons (Fsp3) is 0.261. The highest BCUT2D eigenvalue weighted by molar-refractivity contribution is 7.80. The number of anilines is 1. The molecule has 31 heavy (non-hydrogen) atoms. The Hall–Kier alpha value is -3.39. The topological polar surface area (TPSA) is 88.7 Å². The van der Waals surface area contributed by atoms with Gasteiger partial charge in [0.05, 0.1) is 14.2 Å². The second-order valence-electron chi connectivity index (χ2n) is 6.75. The first-order valence-corrected chi connectivity index (χ1v) is 10.2. The molecule has 0 bridgehead atoms. The maximum atomic E-state index is 12.3. The lowest BCUT2D eigenvalue weighted by Gasteiger charge is -2.13. The average Bonchev–Trinajstić information content (AvgIpc) is 2.77. The van der Waals surface area contributed by atoms with Gasteiger partial charge in [0.25, 0.3) is 5.91 Å². The van der Waals surface area contributed by atoms with Gasteiger partial charge in [-0.15, -0.1) is 0 Å². The molecule has 0 spiro atoms. The third-order valence-corrected chi connectivity index (χ3v) is 4.65. The van der Waals surface area contributed by atoms with Crippen LogP contribution in [0.25, 0.3) is 6.08 Å². The molecule has 2 amide bonds. The Labute approximate surface area is 187 Å². The van der Waals surface area contributed by atoms with Crippen LogP contribution in [0.1, 0.15) is 36.2 Å². The second kappa shape index (κ2) is 11.7. The summed E-state index contributed by atoms with van der Waals surface area (Å²) in [5.74, 6) is 0.623. The van der Waals surface area contributed by atoms with Crippen molar-refractivity contribution in [3.63, 3.8) is 0 Å². The number of methoxy groups -OCH3 is 2. The van der Waals surface area contributed by atoms with Gasteiger partial charge in [0.1, 0.15) is 0 Å². The number of thiocarbonyl (C=S) groups is 1. The molecule has 164 valence electrons. The van der Waals surface area contributed by atoms with Crippen LogP contribution in [0.15, 0.2) is 48.5 Å². The van der Waals surface area contributed by atoms with Gasteiger partial charge in [0.15, 0.2) is 16.6 Å². The van der Waals surface area contributed by atoms with Gasteiger partial charge in [-0.25, -0.2) is 0 Å². The minimum absolute atomic E-state index is 0.0851. The Bertz CT molecular complexity index is 975.